The van der Waals surface area contributed by atoms with Crippen molar-refractivity contribution in [3.63, 3.8) is 0 Å². The first-order valence-corrected chi connectivity index (χ1v) is 8.43. The Labute approximate surface area is 145 Å². The Morgan fingerprint density at radius 3 is 2.80 bits per heavy atom. The Kier molecular flexibility index (Phi) is 3.87. The molecule has 0 saturated carbocycles. The summed E-state index contributed by atoms with van der Waals surface area (Å²) in [5.41, 5.74) is 1.36. The van der Waals surface area contributed by atoms with E-state index < -0.39 is 0 Å². The van der Waals surface area contributed by atoms with Gasteiger partial charge in [0, 0.05) is 45.6 Å². The van der Waals surface area contributed by atoms with E-state index in [2.05, 4.69) is 32.0 Å². The molecular weight excluding hydrogens is 318 g/mol. The van der Waals surface area contributed by atoms with Crippen molar-refractivity contribution < 1.29 is 4.79 Å². The lowest BCUT2D eigenvalue weighted by Gasteiger charge is -2.37. The van der Waals surface area contributed by atoms with Gasteiger partial charge in [-0.3, -0.25) is 9.48 Å². The number of piperidine rings is 1. The molecule has 25 heavy (non-hydrogen) atoms. The largest absolute Gasteiger partial charge is 0.356 e. The second-order valence-corrected chi connectivity index (χ2v) is 6.45. The van der Waals surface area contributed by atoms with Crippen LogP contribution in [0.2, 0.25) is 0 Å². The van der Waals surface area contributed by atoms with Crippen molar-refractivity contribution in [3.05, 3.63) is 36.5 Å². The van der Waals surface area contributed by atoms with Gasteiger partial charge in [-0.25, -0.2) is 9.97 Å². The summed E-state index contributed by atoms with van der Waals surface area (Å²) in [5.74, 6) is 0.942. The van der Waals surface area contributed by atoms with Crippen molar-refractivity contribution in [1.29, 1.82) is 0 Å². The first-order valence-electron chi connectivity index (χ1n) is 8.43. The van der Waals surface area contributed by atoms with Crippen molar-refractivity contribution >= 4 is 22.8 Å². The molecule has 0 aliphatic carbocycles. The molecule has 1 fully saturated rings. The smallest absolute Gasteiger partial charge is 0.274 e. The number of aromatic nitrogens is 5. The molecule has 8 nitrogen and oxygen atoms in total. The number of H-pyrrole nitrogens is 1. The topological polar surface area (TPSA) is 82.9 Å². The first-order chi connectivity index (χ1) is 12.1. The van der Waals surface area contributed by atoms with E-state index in [0.717, 1.165) is 42.8 Å². The molecule has 1 N–H and O–H groups in total. The fourth-order valence-electron chi connectivity index (χ4n) is 3.46. The first kappa shape index (κ1) is 15.6. The molecule has 8 heteroatoms. The van der Waals surface area contributed by atoms with Gasteiger partial charge in [0.05, 0.1) is 5.39 Å². The summed E-state index contributed by atoms with van der Waals surface area (Å²) >= 11 is 0. The number of carbonyl (C=O) groups excluding carboxylic acids is 1. The van der Waals surface area contributed by atoms with Crippen LogP contribution in [-0.4, -0.2) is 61.7 Å². The summed E-state index contributed by atoms with van der Waals surface area (Å²) in [6.07, 6.45) is 7.08. The van der Waals surface area contributed by atoms with E-state index in [-0.39, 0.29) is 5.91 Å². The second-order valence-electron chi connectivity index (χ2n) is 6.45. The Morgan fingerprint density at radius 1 is 1.28 bits per heavy atom. The Balaban J connectivity index is 1.45. The zero-order valence-corrected chi connectivity index (χ0v) is 14.4. The molecule has 3 aromatic heterocycles. The van der Waals surface area contributed by atoms with E-state index in [1.54, 1.807) is 23.3 Å². The van der Waals surface area contributed by atoms with Gasteiger partial charge >= 0.3 is 0 Å². The van der Waals surface area contributed by atoms with Crippen LogP contribution >= 0.6 is 0 Å². The predicted octanol–water partition coefficient (Wildman–Crippen LogP) is 1.43. The molecule has 3 aromatic rings. The van der Waals surface area contributed by atoms with Crippen molar-refractivity contribution in [2.75, 3.05) is 25.0 Å². The summed E-state index contributed by atoms with van der Waals surface area (Å²) in [5, 5.41) is 5.24. The maximum atomic E-state index is 12.5. The summed E-state index contributed by atoms with van der Waals surface area (Å²) in [6, 6.07) is 4.12. The third-order valence-corrected chi connectivity index (χ3v) is 4.90. The number of rotatable bonds is 3. The molecular formula is C17H21N7O. The van der Waals surface area contributed by atoms with Crippen LogP contribution in [0, 0.1) is 0 Å². The highest BCUT2D eigenvalue weighted by atomic mass is 16.2. The number of hydrogen-bond acceptors (Lipinski definition) is 5. The lowest BCUT2D eigenvalue weighted by atomic mass is 10.0. The van der Waals surface area contributed by atoms with E-state index in [4.69, 9.17) is 0 Å². The van der Waals surface area contributed by atoms with Gasteiger partial charge in [0.25, 0.3) is 5.91 Å². The lowest BCUT2D eigenvalue weighted by molar-refractivity contribution is 0.0706. The van der Waals surface area contributed by atoms with Gasteiger partial charge in [-0.05, 0) is 25.0 Å². The third-order valence-electron chi connectivity index (χ3n) is 4.90. The molecule has 4 rings (SSSR count). The molecule has 4 heterocycles. The summed E-state index contributed by atoms with van der Waals surface area (Å²) in [4.78, 5) is 28.4. The number of hydrogen-bond donors (Lipinski definition) is 1. The lowest BCUT2D eigenvalue weighted by Crippen LogP contribution is -2.46. The van der Waals surface area contributed by atoms with E-state index in [1.807, 2.05) is 24.2 Å². The van der Waals surface area contributed by atoms with Crippen LogP contribution in [0.15, 0.2) is 30.9 Å². The minimum atomic E-state index is 0.0109. The molecule has 1 saturated heterocycles. The van der Waals surface area contributed by atoms with Crippen LogP contribution in [0.4, 0.5) is 5.82 Å². The monoisotopic (exact) mass is 339 g/mol. The minimum absolute atomic E-state index is 0.0109. The van der Waals surface area contributed by atoms with Gasteiger partial charge in [-0.1, -0.05) is 0 Å². The zero-order valence-electron chi connectivity index (χ0n) is 14.4. The van der Waals surface area contributed by atoms with Gasteiger partial charge in [0.15, 0.2) is 0 Å². The molecule has 130 valence electrons. The normalized spacial score (nSPS) is 15.7. The summed E-state index contributed by atoms with van der Waals surface area (Å²) in [6.45, 7) is 1.46. The predicted molar refractivity (Wildman–Crippen MR) is 94.4 cm³/mol. The molecule has 0 atom stereocenters. The van der Waals surface area contributed by atoms with Gasteiger partial charge in [0.2, 0.25) is 0 Å². The van der Waals surface area contributed by atoms with E-state index in [0.29, 0.717) is 11.7 Å². The highest BCUT2D eigenvalue weighted by molar-refractivity contribution is 5.92. The average molecular weight is 339 g/mol. The van der Waals surface area contributed by atoms with Crippen LogP contribution in [0.5, 0.6) is 0 Å². The molecule has 0 radical (unpaired) electrons. The van der Waals surface area contributed by atoms with Gasteiger partial charge in [-0.2, -0.15) is 5.10 Å². The maximum absolute atomic E-state index is 12.5. The molecule has 0 bridgehead atoms. The second kappa shape index (κ2) is 6.19. The van der Waals surface area contributed by atoms with Crippen LogP contribution in [0.1, 0.15) is 23.3 Å². The number of nitrogens with one attached hydrogen (secondary N) is 1. The van der Waals surface area contributed by atoms with Crippen LogP contribution in [0.3, 0.4) is 0 Å². The number of likely N-dealkylation sites (tertiary alicyclic amines) is 1. The number of fused-ring (bicyclic) bond motifs is 1. The number of anilines is 1. The van der Waals surface area contributed by atoms with Crippen molar-refractivity contribution in [2.45, 2.75) is 18.9 Å². The van der Waals surface area contributed by atoms with Gasteiger partial charge in [0.1, 0.15) is 23.5 Å². The number of amides is 1. The number of aromatic amines is 1. The van der Waals surface area contributed by atoms with Crippen LogP contribution in [-0.2, 0) is 7.05 Å². The SMILES string of the molecule is CN(c1ncnc2[nH]ccc12)C1CCN(C(=O)c2ccn(C)n2)CC1. The van der Waals surface area contributed by atoms with Crippen molar-refractivity contribution in [1.82, 2.24) is 29.6 Å². The standard InChI is InChI=1S/C17H21N7O/c1-22-8-6-14(21-22)17(25)24-9-4-12(5-10-24)23(2)16-13-3-7-18-15(13)19-11-20-16/h3,6-8,11-12H,4-5,9-10H2,1-2H3,(H,18,19,20). The van der Waals surface area contributed by atoms with Crippen LogP contribution in [0.25, 0.3) is 11.0 Å². The molecule has 1 aliphatic rings. The zero-order chi connectivity index (χ0) is 17.4. The van der Waals surface area contributed by atoms with Crippen LogP contribution < -0.4 is 4.90 Å². The minimum Gasteiger partial charge on any atom is -0.356 e. The van der Waals surface area contributed by atoms with Gasteiger partial charge in [-0.15, -0.1) is 0 Å². The quantitative estimate of drug-likeness (QED) is 0.780. The summed E-state index contributed by atoms with van der Waals surface area (Å²) < 4.78 is 1.66. The molecule has 0 spiro atoms. The Hall–Kier alpha value is -2.90. The Bertz CT molecular complexity index is 891. The number of aryl methyl sites for hydroxylation is 1. The summed E-state index contributed by atoms with van der Waals surface area (Å²) in [7, 11) is 3.89. The number of nitrogens with zero attached hydrogens (tertiary/aromatic N) is 6. The molecule has 1 amide bonds. The Morgan fingerprint density at radius 2 is 2.08 bits per heavy atom. The highest BCUT2D eigenvalue weighted by Gasteiger charge is 2.28. The van der Waals surface area contributed by atoms with E-state index in [9.17, 15) is 4.79 Å². The fourth-order valence-corrected chi connectivity index (χ4v) is 3.46. The molecule has 0 aromatic carbocycles. The molecule has 1 aliphatic heterocycles. The van der Waals surface area contributed by atoms with Crippen molar-refractivity contribution in [2.24, 2.45) is 7.05 Å². The highest BCUT2D eigenvalue weighted by Crippen LogP contribution is 2.26. The van der Waals surface area contributed by atoms with E-state index in [1.165, 1.54) is 0 Å². The average Bonchev–Trinajstić information content (AvgIpc) is 3.29. The van der Waals surface area contributed by atoms with E-state index >= 15 is 0 Å². The molecule has 0 unspecified atom stereocenters. The maximum Gasteiger partial charge on any atom is 0.274 e. The number of carbonyl (C=O) groups is 1. The van der Waals surface area contributed by atoms with Gasteiger partial charge < -0.3 is 14.8 Å². The third kappa shape index (κ3) is 2.84. The fraction of sp³-hybridized carbons (Fsp3) is 0.412. The van der Waals surface area contributed by atoms with Crippen molar-refractivity contribution in [3.8, 4) is 0 Å².